The van der Waals surface area contributed by atoms with Crippen molar-refractivity contribution in [1.29, 1.82) is 0 Å². The largest absolute Gasteiger partial charge is 0.373 e. The van der Waals surface area contributed by atoms with E-state index in [9.17, 15) is 9.18 Å². The van der Waals surface area contributed by atoms with Gasteiger partial charge in [-0.2, -0.15) is 0 Å². The fraction of sp³-hybridized carbons (Fsp3) is 0.364. The number of amides is 1. The molecule has 0 unspecified atom stereocenters. The van der Waals surface area contributed by atoms with Crippen molar-refractivity contribution >= 4 is 23.2 Å². The number of carbonyl (C=O) groups excluding carboxylic acids is 1. The standard InChI is InChI=1S/C11H14ClFN2O/c1-7(2)15-10(16)6-14-11-8(12)4-3-5-9(11)13/h3-5,7,14H,6H2,1-2H3,(H,15,16). The van der Waals surface area contributed by atoms with E-state index in [-0.39, 0.29) is 29.2 Å². The van der Waals surface area contributed by atoms with Crippen molar-refractivity contribution in [2.45, 2.75) is 19.9 Å². The van der Waals surface area contributed by atoms with Crippen LogP contribution in [0.4, 0.5) is 10.1 Å². The Balaban J connectivity index is 2.58. The highest BCUT2D eigenvalue weighted by Gasteiger charge is 2.08. The van der Waals surface area contributed by atoms with Gasteiger partial charge in [0.25, 0.3) is 0 Å². The van der Waals surface area contributed by atoms with E-state index in [2.05, 4.69) is 10.6 Å². The number of hydrogen-bond donors (Lipinski definition) is 2. The highest BCUT2D eigenvalue weighted by molar-refractivity contribution is 6.33. The van der Waals surface area contributed by atoms with Crippen molar-refractivity contribution in [3.8, 4) is 0 Å². The fourth-order valence-corrected chi connectivity index (χ4v) is 1.44. The van der Waals surface area contributed by atoms with Crippen LogP contribution in [0.25, 0.3) is 0 Å². The summed E-state index contributed by atoms with van der Waals surface area (Å²) < 4.78 is 13.3. The van der Waals surface area contributed by atoms with Gasteiger partial charge in [-0.15, -0.1) is 0 Å². The Kier molecular flexibility index (Phi) is 4.55. The van der Waals surface area contributed by atoms with Crippen LogP contribution in [0, 0.1) is 5.82 Å². The van der Waals surface area contributed by atoms with Gasteiger partial charge in [-0.3, -0.25) is 4.79 Å². The Hall–Kier alpha value is -1.29. The monoisotopic (exact) mass is 244 g/mol. The van der Waals surface area contributed by atoms with E-state index in [1.165, 1.54) is 12.1 Å². The van der Waals surface area contributed by atoms with Crippen LogP contribution in [-0.2, 0) is 4.79 Å². The van der Waals surface area contributed by atoms with Crippen LogP contribution in [0.5, 0.6) is 0 Å². The van der Waals surface area contributed by atoms with Gasteiger partial charge < -0.3 is 10.6 Å². The molecule has 1 aromatic carbocycles. The molecular weight excluding hydrogens is 231 g/mol. The van der Waals surface area contributed by atoms with Crippen LogP contribution in [0.2, 0.25) is 5.02 Å². The number of nitrogens with one attached hydrogen (secondary N) is 2. The maximum atomic E-state index is 13.3. The van der Waals surface area contributed by atoms with Gasteiger partial charge in [0.1, 0.15) is 5.82 Å². The molecule has 0 fully saturated rings. The molecule has 0 aliphatic rings. The summed E-state index contributed by atoms with van der Waals surface area (Å²) in [5, 5.41) is 5.61. The molecular formula is C11H14ClFN2O. The number of halogens is 2. The molecule has 0 atom stereocenters. The van der Waals surface area contributed by atoms with Crippen LogP contribution in [0.3, 0.4) is 0 Å². The predicted octanol–water partition coefficient (Wildman–Crippen LogP) is 2.42. The minimum Gasteiger partial charge on any atom is -0.373 e. The van der Waals surface area contributed by atoms with Crippen LogP contribution in [-0.4, -0.2) is 18.5 Å². The summed E-state index contributed by atoms with van der Waals surface area (Å²) in [6, 6.07) is 4.42. The van der Waals surface area contributed by atoms with E-state index in [0.717, 1.165) is 0 Å². The molecule has 1 rings (SSSR count). The topological polar surface area (TPSA) is 41.1 Å². The Labute approximate surface area is 99.0 Å². The van der Waals surface area contributed by atoms with Gasteiger partial charge >= 0.3 is 0 Å². The summed E-state index contributed by atoms with van der Waals surface area (Å²) in [4.78, 5) is 11.3. The van der Waals surface area contributed by atoms with E-state index in [1.807, 2.05) is 13.8 Å². The maximum Gasteiger partial charge on any atom is 0.239 e. The molecule has 5 heteroatoms. The average Bonchev–Trinajstić information content (AvgIpc) is 2.15. The number of hydrogen-bond acceptors (Lipinski definition) is 2. The molecule has 0 bridgehead atoms. The van der Waals surface area contributed by atoms with E-state index in [4.69, 9.17) is 11.6 Å². The highest BCUT2D eigenvalue weighted by Crippen LogP contribution is 2.23. The molecule has 0 heterocycles. The van der Waals surface area contributed by atoms with Crippen LogP contribution in [0.15, 0.2) is 18.2 Å². The normalized spacial score (nSPS) is 10.3. The van der Waals surface area contributed by atoms with Crippen LogP contribution < -0.4 is 10.6 Å². The molecule has 0 aromatic heterocycles. The van der Waals surface area contributed by atoms with Crippen molar-refractivity contribution in [1.82, 2.24) is 5.32 Å². The molecule has 0 aliphatic carbocycles. The van der Waals surface area contributed by atoms with Crippen LogP contribution >= 0.6 is 11.6 Å². The zero-order valence-electron chi connectivity index (χ0n) is 9.18. The summed E-state index contributed by atoms with van der Waals surface area (Å²) in [6.07, 6.45) is 0. The molecule has 16 heavy (non-hydrogen) atoms. The van der Waals surface area contributed by atoms with Gasteiger partial charge in [0.2, 0.25) is 5.91 Å². The van der Waals surface area contributed by atoms with Gasteiger partial charge in [0.05, 0.1) is 17.3 Å². The van der Waals surface area contributed by atoms with Gasteiger partial charge in [-0.1, -0.05) is 17.7 Å². The van der Waals surface area contributed by atoms with Crippen molar-refractivity contribution in [3.05, 3.63) is 29.0 Å². The second-order valence-corrected chi connectivity index (χ2v) is 4.08. The van der Waals surface area contributed by atoms with Crippen molar-refractivity contribution in [2.75, 3.05) is 11.9 Å². The lowest BCUT2D eigenvalue weighted by Gasteiger charge is -2.11. The summed E-state index contributed by atoms with van der Waals surface area (Å²) in [6.45, 7) is 3.71. The predicted molar refractivity (Wildman–Crippen MR) is 63.2 cm³/mol. The summed E-state index contributed by atoms with van der Waals surface area (Å²) in [7, 11) is 0. The molecule has 0 saturated heterocycles. The molecule has 0 spiro atoms. The summed E-state index contributed by atoms with van der Waals surface area (Å²) in [5.74, 6) is -0.667. The number of anilines is 1. The lowest BCUT2D eigenvalue weighted by molar-refractivity contribution is -0.119. The first kappa shape index (κ1) is 12.8. The van der Waals surface area contributed by atoms with Gasteiger partial charge in [0, 0.05) is 6.04 Å². The zero-order valence-corrected chi connectivity index (χ0v) is 9.94. The smallest absolute Gasteiger partial charge is 0.239 e. The third kappa shape index (κ3) is 3.70. The molecule has 3 nitrogen and oxygen atoms in total. The molecule has 88 valence electrons. The number of rotatable bonds is 4. The Morgan fingerprint density at radius 3 is 2.75 bits per heavy atom. The minimum absolute atomic E-state index is 0.00116. The van der Waals surface area contributed by atoms with E-state index < -0.39 is 5.82 Å². The molecule has 0 aliphatic heterocycles. The van der Waals surface area contributed by atoms with Crippen molar-refractivity contribution in [3.63, 3.8) is 0 Å². The third-order valence-electron chi connectivity index (χ3n) is 1.84. The second kappa shape index (κ2) is 5.70. The molecule has 2 N–H and O–H groups in total. The summed E-state index contributed by atoms with van der Waals surface area (Å²) in [5.41, 5.74) is 0.156. The first-order valence-corrected chi connectivity index (χ1v) is 5.35. The van der Waals surface area contributed by atoms with E-state index >= 15 is 0 Å². The maximum absolute atomic E-state index is 13.3. The Morgan fingerprint density at radius 2 is 2.19 bits per heavy atom. The van der Waals surface area contributed by atoms with E-state index in [1.54, 1.807) is 6.07 Å². The first-order valence-electron chi connectivity index (χ1n) is 4.98. The number of benzene rings is 1. The SMILES string of the molecule is CC(C)NC(=O)CNc1c(F)cccc1Cl. The molecule has 0 radical (unpaired) electrons. The van der Waals surface area contributed by atoms with Gasteiger partial charge in [-0.05, 0) is 26.0 Å². The molecule has 0 saturated carbocycles. The summed E-state index contributed by atoms with van der Waals surface area (Å²) >= 11 is 5.78. The minimum atomic E-state index is -0.468. The fourth-order valence-electron chi connectivity index (χ4n) is 1.21. The number of carbonyl (C=O) groups is 1. The van der Waals surface area contributed by atoms with Crippen molar-refractivity contribution < 1.29 is 9.18 Å². The van der Waals surface area contributed by atoms with Crippen molar-refractivity contribution in [2.24, 2.45) is 0 Å². The number of para-hydroxylation sites is 1. The quantitative estimate of drug-likeness (QED) is 0.854. The Bertz CT molecular complexity index is 362. The first-order chi connectivity index (χ1) is 7.50. The Morgan fingerprint density at radius 1 is 1.50 bits per heavy atom. The lowest BCUT2D eigenvalue weighted by Crippen LogP contribution is -2.35. The second-order valence-electron chi connectivity index (χ2n) is 3.67. The lowest BCUT2D eigenvalue weighted by atomic mass is 10.3. The third-order valence-corrected chi connectivity index (χ3v) is 2.15. The zero-order chi connectivity index (χ0) is 12.1. The van der Waals surface area contributed by atoms with Gasteiger partial charge in [-0.25, -0.2) is 4.39 Å². The van der Waals surface area contributed by atoms with E-state index in [0.29, 0.717) is 0 Å². The molecule has 1 aromatic rings. The molecule has 1 amide bonds. The average molecular weight is 245 g/mol. The van der Waals surface area contributed by atoms with Gasteiger partial charge in [0.15, 0.2) is 0 Å². The van der Waals surface area contributed by atoms with Crippen LogP contribution in [0.1, 0.15) is 13.8 Å². The highest BCUT2D eigenvalue weighted by atomic mass is 35.5.